The summed E-state index contributed by atoms with van der Waals surface area (Å²) in [5, 5.41) is 42.6. The summed E-state index contributed by atoms with van der Waals surface area (Å²) in [6.45, 7) is 11.4. The van der Waals surface area contributed by atoms with Gasteiger partial charge < -0.3 is 56.3 Å². The summed E-state index contributed by atoms with van der Waals surface area (Å²) in [5.74, 6) is 2.97. The number of methoxy groups -OCH3 is 1. The van der Waals surface area contributed by atoms with Gasteiger partial charge in [0.15, 0.2) is 0 Å². The number of phenols is 2. The number of aryl methyl sites for hydroxylation is 2. The smallest absolute Gasteiger partial charge is 0.276 e. The van der Waals surface area contributed by atoms with E-state index in [1.807, 2.05) is 207 Å². The van der Waals surface area contributed by atoms with Gasteiger partial charge in [-0.1, -0.05) is 38.1 Å². The number of para-hydroxylation sites is 1. The van der Waals surface area contributed by atoms with E-state index in [9.17, 15) is 58.2 Å². The van der Waals surface area contributed by atoms with Crippen molar-refractivity contribution < 1.29 is 38.9 Å². The number of aromatic nitrogens is 12. The maximum Gasteiger partial charge on any atom is 0.276 e. The molecule has 0 unspecified atom stereocenters. The molecule has 2 saturated heterocycles. The lowest BCUT2D eigenvalue weighted by atomic mass is 10.0. The van der Waals surface area contributed by atoms with Crippen LogP contribution in [-0.4, -0.2) is 155 Å². The molecule has 0 spiro atoms. The number of likely N-dealkylation sites (tertiary alicyclic amines) is 2. The van der Waals surface area contributed by atoms with Gasteiger partial charge in [-0.05, 0) is 248 Å². The van der Waals surface area contributed by atoms with E-state index in [0.717, 1.165) is 76.5 Å². The van der Waals surface area contributed by atoms with Crippen molar-refractivity contribution in [3.63, 3.8) is 0 Å². The third kappa shape index (κ3) is 21.5. The topological polar surface area (TPSA) is 413 Å². The molecule has 13 heterocycles. The maximum absolute atomic E-state index is 13.3. The molecule has 11 aromatic heterocycles. The van der Waals surface area contributed by atoms with Crippen LogP contribution in [0.3, 0.4) is 0 Å². The van der Waals surface area contributed by atoms with Gasteiger partial charge in [0.2, 0.25) is 35.4 Å². The molecule has 2 aliphatic rings. The molecule has 0 bridgehead atoms. The van der Waals surface area contributed by atoms with Crippen molar-refractivity contribution >= 4 is 155 Å². The van der Waals surface area contributed by atoms with Gasteiger partial charge in [-0.15, -0.1) is 45.3 Å². The number of H-pyrrole nitrogens is 1. The maximum atomic E-state index is 13.3. The fraction of sp³-hybridized carbons (Fsp3) is 0.152. The summed E-state index contributed by atoms with van der Waals surface area (Å²) in [5.41, 5.74) is 13.6. The Balaban J connectivity index is 0.000000122. The number of aromatic amines is 1. The molecule has 21 rings (SSSR count). The number of nitrogens with zero attached hydrogens (tertiary/aromatic N) is 13. The highest BCUT2D eigenvalue weighted by Crippen LogP contribution is 2.35. The Morgan fingerprint density at radius 2 is 0.745 bits per heavy atom. The second-order valence-electron chi connectivity index (χ2n) is 33.1. The van der Waals surface area contributed by atoms with E-state index in [1.54, 1.807) is 101 Å². The molecule has 708 valence electrons. The molecule has 0 saturated carbocycles. The van der Waals surface area contributed by atoms with Gasteiger partial charge in [-0.2, -0.15) is 0 Å². The molecule has 2 fully saturated rings. The normalized spacial score (nSPS) is 12.4. The Morgan fingerprint density at radius 1 is 0.390 bits per heavy atom. The van der Waals surface area contributed by atoms with E-state index in [4.69, 9.17) is 24.7 Å². The Hall–Kier alpha value is -16.8. The number of hydrogen-bond donors (Lipinski definition) is 8. The number of amides is 5. The van der Waals surface area contributed by atoms with Gasteiger partial charge in [0.1, 0.15) is 59.4 Å². The van der Waals surface area contributed by atoms with Crippen LogP contribution >= 0.6 is 45.3 Å². The largest absolute Gasteiger partial charge is 0.508 e. The Labute approximate surface area is 820 Å². The zero-order valence-electron chi connectivity index (χ0n) is 77.2. The first-order chi connectivity index (χ1) is 68.2. The van der Waals surface area contributed by atoms with E-state index >= 15 is 0 Å². The van der Waals surface area contributed by atoms with Crippen molar-refractivity contribution in [1.29, 1.82) is 0 Å². The zero-order valence-corrected chi connectivity index (χ0v) is 80.5. The van der Waals surface area contributed by atoms with Gasteiger partial charge in [0, 0.05) is 128 Å². The van der Waals surface area contributed by atoms with Crippen molar-refractivity contribution in [1.82, 2.24) is 67.9 Å². The number of phenolic OH excluding ortho intramolecular Hbond substituents is 2. The number of pyridine rings is 2. The quantitative estimate of drug-likeness (QED) is 0.0373. The highest BCUT2D eigenvalue weighted by atomic mass is 32.1. The van der Waals surface area contributed by atoms with Crippen LogP contribution in [0.1, 0.15) is 45.7 Å². The number of carbonyl (C=O) groups excluding carboxylic acids is 5. The predicted molar refractivity (Wildman–Crippen MR) is 557 cm³/mol. The van der Waals surface area contributed by atoms with Crippen molar-refractivity contribution in [3.05, 3.63) is 334 Å². The minimum Gasteiger partial charge on any atom is -0.508 e. The lowest BCUT2D eigenvalue weighted by Gasteiger charge is -2.34. The van der Waals surface area contributed by atoms with Gasteiger partial charge in [-0.25, -0.2) is 29.9 Å². The van der Waals surface area contributed by atoms with Crippen LogP contribution in [0.25, 0.3) is 131 Å². The third-order valence-corrected chi connectivity index (χ3v) is 26.7. The molecular formula is C105H91N19O13S4. The van der Waals surface area contributed by atoms with E-state index in [0.29, 0.717) is 139 Å². The Kier molecular flexibility index (Phi) is 28.9. The molecule has 141 heavy (non-hydrogen) atoms. The number of aromatic hydroxyl groups is 2. The van der Waals surface area contributed by atoms with Crippen LogP contribution < -0.4 is 59.1 Å². The summed E-state index contributed by atoms with van der Waals surface area (Å²) >= 11 is 5.42. The number of ether oxygens (including phenoxy) is 1. The summed E-state index contributed by atoms with van der Waals surface area (Å²) in [7, 11) is 5.53. The number of anilines is 5. The monoisotopic (exact) mass is 1950 g/mol. The lowest BCUT2D eigenvalue weighted by molar-refractivity contribution is -0.125. The predicted octanol–water partition coefficient (Wildman–Crippen LogP) is 17.3. The summed E-state index contributed by atoms with van der Waals surface area (Å²) in [6, 6.07) is 68.4. The van der Waals surface area contributed by atoms with E-state index in [-0.39, 0.29) is 80.7 Å². The summed E-state index contributed by atoms with van der Waals surface area (Å²) in [4.78, 5) is 162. The molecule has 32 nitrogen and oxygen atoms in total. The number of nitrogens with one attached hydrogen (secondary N) is 6. The van der Waals surface area contributed by atoms with Crippen LogP contribution in [-0.2, 0) is 36.8 Å². The average Bonchev–Trinajstić information content (AvgIpc) is 1.75. The van der Waals surface area contributed by atoms with Gasteiger partial charge >= 0.3 is 0 Å². The van der Waals surface area contributed by atoms with Crippen LogP contribution in [0, 0.1) is 11.8 Å². The van der Waals surface area contributed by atoms with E-state index in [2.05, 4.69) is 56.3 Å². The van der Waals surface area contributed by atoms with Gasteiger partial charge in [-0.3, -0.25) is 71.2 Å². The number of fused-ring (bicyclic) bond motifs is 5. The highest BCUT2D eigenvalue weighted by Gasteiger charge is 2.32. The molecule has 8 N–H and O–H groups in total. The highest BCUT2D eigenvalue weighted by molar-refractivity contribution is 7.18. The third-order valence-electron chi connectivity index (χ3n) is 23.1. The second kappa shape index (κ2) is 42.5. The SMILES string of the molecule is CCc1ccc(-n2c(-c3ccc(NC(C)=O)cc3)nc3ccsc3c2=O)cc1O.CCc1ccc(-n2c(-c3ccc(NC(C)=O)cc3)nc3ccsc3c2=O)cc1O.CN1CC(C(=O)Nc2ccc(-c3nc4ccccc4c(=O)n3-c3cccnc3)cc2)C1.CN1CC(C(=O)Nc2ccc(-c3nc4ccsc4c(=O)[nH]3)cc2)C1.COc1ccc(-n2c(-c3ccc(NC(C)=O)cc3)nc3ccsc3c2=O)cn1. The van der Waals surface area contributed by atoms with Crippen LogP contribution in [0.15, 0.2) is 295 Å². The standard InChI is InChI=1S/C24H21N5O2.2C22H19N3O3S.C20H16N4O3S.C17H16N4O2S/c1-28-14-17(15-28)23(30)26-18-10-8-16(9-11-18)22-27-21-7-3-2-6-20(21)24(31)29(22)19-5-4-12-25-13-19;2*1-3-14-6-9-17(12-19(14)27)25-21(24-18-10-11-29-20(18)22(25)28)15-4-7-16(8-5-15)23-13(2)26;1-12(25)22-14-5-3-13(4-6-14)19-23-16-9-10-28-18(16)20(26)24(19)15-7-8-17(27-2)21-11-15;1-21-8-11(9-21)16(22)18-12-4-2-10(3-5-12)15-19-13-6-7-24-14(13)17(23)20-15/h2-13,17H,14-15H2,1H3,(H,26,30);2*4-12,27H,3H2,1-2H3,(H,23,26);3-11H,1-2H3,(H,22,25);2-7,11H,8-9H2,1H3,(H,18,22)(H,19,20,23). The fourth-order valence-electron chi connectivity index (χ4n) is 16.1. The van der Waals surface area contributed by atoms with Crippen molar-refractivity contribution in [2.45, 2.75) is 47.5 Å². The molecular weight excluding hydrogens is 1860 g/mol. The average molecular weight is 1960 g/mol. The minimum atomic E-state index is -0.186. The van der Waals surface area contributed by atoms with Crippen molar-refractivity contribution in [3.8, 4) is 97.1 Å². The summed E-state index contributed by atoms with van der Waals surface area (Å²) in [6.07, 6.45) is 6.28. The molecule has 0 radical (unpaired) electrons. The van der Waals surface area contributed by atoms with Crippen LogP contribution in [0.5, 0.6) is 17.4 Å². The number of rotatable bonds is 19. The molecule has 5 amide bonds. The molecule has 0 atom stereocenters. The number of benzene rings is 8. The molecule has 19 aromatic rings. The zero-order chi connectivity index (χ0) is 98.8. The van der Waals surface area contributed by atoms with Gasteiger partial charge in [0.05, 0.1) is 87.1 Å². The molecule has 8 aromatic carbocycles. The molecule has 2 aliphatic heterocycles. The Morgan fingerprint density at radius 3 is 1.11 bits per heavy atom. The van der Waals surface area contributed by atoms with E-state index in [1.165, 1.54) is 82.4 Å². The van der Waals surface area contributed by atoms with Crippen LogP contribution in [0.4, 0.5) is 28.4 Å². The van der Waals surface area contributed by atoms with Crippen molar-refractivity contribution in [2.24, 2.45) is 11.8 Å². The number of thiophene rings is 4. The van der Waals surface area contributed by atoms with Crippen molar-refractivity contribution in [2.75, 3.05) is 74.0 Å². The number of hydrogen-bond acceptors (Lipinski definition) is 26. The van der Waals surface area contributed by atoms with E-state index < -0.39 is 0 Å². The first-order valence-electron chi connectivity index (χ1n) is 44.6. The van der Waals surface area contributed by atoms with Crippen LogP contribution in [0.2, 0.25) is 0 Å². The lowest BCUT2D eigenvalue weighted by Crippen LogP contribution is -2.49. The Bertz CT molecular complexity index is 8060. The minimum absolute atomic E-state index is 0.0296. The fourth-order valence-corrected chi connectivity index (χ4v) is 19.1. The molecule has 0 aliphatic carbocycles. The number of carbonyl (C=O) groups is 5. The first kappa shape index (κ1) is 95.9. The second-order valence-corrected chi connectivity index (χ2v) is 36.8. The summed E-state index contributed by atoms with van der Waals surface area (Å²) < 4.78 is 13.6. The molecule has 36 heteroatoms. The first-order valence-corrected chi connectivity index (χ1v) is 48.1. The van der Waals surface area contributed by atoms with Gasteiger partial charge in [0.25, 0.3) is 27.8 Å².